The number of aromatic nitrogens is 3. The zero-order valence-electron chi connectivity index (χ0n) is 17.1. The Morgan fingerprint density at radius 1 is 1.23 bits per heavy atom. The fraction of sp³-hybridized carbons (Fsp3) is 0.286. The number of nitro groups is 1. The van der Waals surface area contributed by atoms with Crippen molar-refractivity contribution in [3.05, 3.63) is 70.9 Å². The predicted octanol–water partition coefficient (Wildman–Crippen LogP) is 3.04. The van der Waals surface area contributed by atoms with Gasteiger partial charge in [0.15, 0.2) is 0 Å². The first-order chi connectivity index (χ1) is 14.9. The van der Waals surface area contributed by atoms with Gasteiger partial charge in [-0.2, -0.15) is 0 Å². The normalized spacial score (nSPS) is 18.6. The van der Waals surface area contributed by atoms with Crippen LogP contribution >= 0.6 is 0 Å². The number of ether oxygens (including phenoxy) is 1. The van der Waals surface area contributed by atoms with Gasteiger partial charge in [0.25, 0.3) is 11.6 Å². The second-order valence-corrected chi connectivity index (χ2v) is 7.45. The molecule has 2 aromatic heterocycles. The van der Waals surface area contributed by atoms with Crippen LogP contribution in [-0.2, 0) is 4.74 Å². The van der Waals surface area contributed by atoms with Crippen LogP contribution in [0.4, 0.5) is 17.2 Å². The molecule has 0 aliphatic carbocycles. The molecule has 3 aromatic rings. The summed E-state index contributed by atoms with van der Waals surface area (Å²) in [5, 5.41) is 14.2. The first-order valence-electron chi connectivity index (χ1n) is 9.85. The monoisotopic (exact) mass is 422 g/mol. The van der Waals surface area contributed by atoms with Gasteiger partial charge < -0.3 is 19.5 Å². The van der Waals surface area contributed by atoms with Gasteiger partial charge >= 0.3 is 0 Å². The van der Waals surface area contributed by atoms with Crippen LogP contribution < -0.4 is 10.2 Å². The van der Waals surface area contributed by atoms with Crippen molar-refractivity contribution < 1.29 is 14.5 Å². The topological polar surface area (TPSA) is 115 Å². The third kappa shape index (κ3) is 4.53. The van der Waals surface area contributed by atoms with Gasteiger partial charge in [0.2, 0.25) is 0 Å². The predicted molar refractivity (Wildman–Crippen MR) is 115 cm³/mol. The van der Waals surface area contributed by atoms with Crippen molar-refractivity contribution in [1.82, 2.24) is 14.5 Å². The number of benzene rings is 1. The van der Waals surface area contributed by atoms with E-state index in [4.69, 9.17) is 4.74 Å². The largest absolute Gasteiger partial charge is 0.372 e. The zero-order chi connectivity index (χ0) is 22.0. The number of carbonyl (C=O) groups is 1. The van der Waals surface area contributed by atoms with Crippen LogP contribution in [0.5, 0.6) is 0 Å². The minimum absolute atomic E-state index is 0.117. The number of amides is 1. The molecule has 10 heteroatoms. The molecule has 1 aromatic carbocycles. The molecule has 160 valence electrons. The summed E-state index contributed by atoms with van der Waals surface area (Å²) in [6.07, 6.45) is 6.40. The van der Waals surface area contributed by atoms with Crippen molar-refractivity contribution in [2.24, 2.45) is 0 Å². The molecule has 0 saturated carbocycles. The number of hydrogen-bond acceptors (Lipinski definition) is 7. The van der Waals surface area contributed by atoms with Gasteiger partial charge in [0.1, 0.15) is 11.5 Å². The van der Waals surface area contributed by atoms with E-state index >= 15 is 0 Å². The summed E-state index contributed by atoms with van der Waals surface area (Å²) in [5.41, 5.74) is 0.827. The maximum Gasteiger partial charge on any atom is 0.294 e. The van der Waals surface area contributed by atoms with Crippen molar-refractivity contribution >= 4 is 23.1 Å². The molecular weight excluding hydrogens is 400 g/mol. The lowest BCUT2D eigenvalue weighted by Gasteiger charge is -2.36. The molecule has 1 aliphatic rings. The maximum atomic E-state index is 12.7. The van der Waals surface area contributed by atoms with E-state index in [1.807, 2.05) is 19.9 Å². The van der Waals surface area contributed by atoms with Gasteiger partial charge in [-0.15, -0.1) is 0 Å². The Kier molecular flexibility index (Phi) is 5.63. The lowest BCUT2D eigenvalue weighted by molar-refractivity contribution is -0.384. The summed E-state index contributed by atoms with van der Waals surface area (Å²) >= 11 is 0. The van der Waals surface area contributed by atoms with Crippen LogP contribution in [0.25, 0.3) is 5.69 Å². The van der Waals surface area contributed by atoms with E-state index in [1.54, 1.807) is 18.5 Å². The first kappa shape index (κ1) is 20.5. The molecule has 10 nitrogen and oxygen atoms in total. The van der Waals surface area contributed by atoms with Gasteiger partial charge in [-0.05, 0) is 38.1 Å². The van der Waals surface area contributed by atoms with Gasteiger partial charge in [-0.3, -0.25) is 14.9 Å². The summed E-state index contributed by atoms with van der Waals surface area (Å²) in [5.74, 6) is 0.351. The fourth-order valence-electron chi connectivity index (χ4n) is 3.65. The number of rotatable bonds is 5. The Morgan fingerprint density at radius 2 is 2.00 bits per heavy atom. The second-order valence-electron chi connectivity index (χ2n) is 7.45. The molecule has 1 fully saturated rings. The molecule has 0 spiro atoms. The van der Waals surface area contributed by atoms with E-state index in [0.29, 0.717) is 11.4 Å². The zero-order valence-corrected chi connectivity index (χ0v) is 17.1. The Labute approximate surface area is 178 Å². The number of carbonyl (C=O) groups excluding carboxylic acids is 1. The molecule has 4 rings (SSSR count). The number of pyridine rings is 1. The molecule has 3 heterocycles. The summed E-state index contributed by atoms with van der Waals surface area (Å²) < 4.78 is 7.27. The number of morpholine rings is 1. The molecule has 31 heavy (non-hydrogen) atoms. The molecule has 0 radical (unpaired) electrons. The maximum absolute atomic E-state index is 12.7. The summed E-state index contributed by atoms with van der Waals surface area (Å²) in [6.45, 7) is 5.54. The highest BCUT2D eigenvalue weighted by Crippen LogP contribution is 2.25. The SMILES string of the molecule is C[C@@H]1CN(c2ccc(NC(=O)c3ccc(-n4ccnc4)c([N+](=O)[O-])c3)cn2)C[C@H](C)O1. The number of nitro benzene ring substituents is 1. The van der Waals surface area contributed by atoms with Gasteiger partial charge in [0.05, 0.1) is 35.3 Å². The van der Waals surface area contributed by atoms with Crippen LogP contribution in [0, 0.1) is 10.1 Å². The van der Waals surface area contributed by atoms with Gasteiger partial charge in [-0.25, -0.2) is 9.97 Å². The van der Waals surface area contributed by atoms with Crippen molar-refractivity contribution in [2.75, 3.05) is 23.3 Å². The Hall–Kier alpha value is -3.79. The molecule has 1 N–H and O–H groups in total. The molecule has 2 atom stereocenters. The lowest BCUT2D eigenvalue weighted by Crippen LogP contribution is -2.45. The van der Waals surface area contributed by atoms with Crippen molar-refractivity contribution in [3.63, 3.8) is 0 Å². The molecule has 1 amide bonds. The van der Waals surface area contributed by atoms with Crippen LogP contribution in [0.1, 0.15) is 24.2 Å². The number of hydrogen-bond donors (Lipinski definition) is 1. The summed E-state index contributed by atoms with van der Waals surface area (Å²) in [4.78, 5) is 34.1. The van der Waals surface area contributed by atoms with E-state index in [9.17, 15) is 14.9 Å². The second kappa shape index (κ2) is 8.52. The molecular formula is C21H22N6O4. The van der Waals surface area contributed by atoms with Crippen molar-refractivity contribution in [3.8, 4) is 5.69 Å². The van der Waals surface area contributed by atoms with Crippen molar-refractivity contribution in [1.29, 1.82) is 0 Å². The van der Waals surface area contributed by atoms with Crippen LogP contribution in [0.3, 0.4) is 0 Å². The fourth-order valence-corrected chi connectivity index (χ4v) is 3.65. The number of imidazole rings is 1. The minimum atomic E-state index is -0.521. The Morgan fingerprint density at radius 3 is 2.61 bits per heavy atom. The number of nitrogens with zero attached hydrogens (tertiary/aromatic N) is 5. The van der Waals surface area contributed by atoms with Gasteiger partial charge in [-0.1, -0.05) is 0 Å². The first-order valence-corrected chi connectivity index (χ1v) is 9.85. The van der Waals surface area contributed by atoms with Crippen LogP contribution in [0.2, 0.25) is 0 Å². The molecule has 0 unspecified atom stereocenters. The number of anilines is 2. The Balaban J connectivity index is 1.49. The highest BCUT2D eigenvalue weighted by molar-refractivity contribution is 6.04. The average molecular weight is 422 g/mol. The van der Waals surface area contributed by atoms with E-state index in [-0.39, 0.29) is 23.5 Å². The minimum Gasteiger partial charge on any atom is -0.372 e. The van der Waals surface area contributed by atoms with E-state index in [1.165, 1.54) is 35.3 Å². The molecule has 1 aliphatic heterocycles. The third-order valence-electron chi connectivity index (χ3n) is 4.97. The Bertz CT molecular complexity index is 1070. The van der Waals surface area contributed by atoms with E-state index in [2.05, 4.69) is 20.2 Å². The highest BCUT2D eigenvalue weighted by atomic mass is 16.6. The average Bonchev–Trinajstić information content (AvgIpc) is 3.28. The summed E-state index contributed by atoms with van der Waals surface area (Å²) in [6, 6.07) is 7.92. The lowest BCUT2D eigenvalue weighted by atomic mass is 10.1. The van der Waals surface area contributed by atoms with Gasteiger partial charge in [0, 0.05) is 37.1 Å². The van der Waals surface area contributed by atoms with E-state index < -0.39 is 10.8 Å². The van der Waals surface area contributed by atoms with Crippen LogP contribution in [0.15, 0.2) is 55.2 Å². The van der Waals surface area contributed by atoms with E-state index in [0.717, 1.165) is 18.9 Å². The molecule has 0 bridgehead atoms. The number of nitrogens with one attached hydrogen (secondary N) is 1. The van der Waals surface area contributed by atoms with Crippen molar-refractivity contribution in [2.45, 2.75) is 26.1 Å². The third-order valence-corrected chi connectivity index (χ3v) is 4.97. The van der Waals surface area contributed by atoms with Crippen LogP contribution in [-0.4, -0.2) is 50.7 Å². The highest BCUT2D eigenvalue weighted by Gasteiger charge is 2.23. The quantitative estimate of drug-likeness (QED) is 0.496. The smallest absolute Gasteiger partial charge is 0.294 e. The summed E-state index contributed by atoms with van der Waals surface area (Å²) in [7, 11) is 0. The standard InChI is InChI=1S/C21H22N6O4/c1-14-11-26(12-15(2)31-14)20-6-4-17(10-23-20)24-21(28)16-3-5-18(19(9-16)27(29)30)25-8-7-22-13-25/h3-10,13-15H,11-12H2,1-2H3,(H,24,28)/t14-,15+. The molecule has 1 saturated heterocycles.